The van der Waals surface area contributed by atoms with Crippen LogP contribution >= 0.6 is 0 Å². The number of carbonyl (C=O) groups excluding carboxylic acids is 1. The van der Waals surface area contributed by atoms with E-state index in [0.29, 0.717) is 5.92 Å². The van der Waals surface area contributed by atoms with Crippen LogP contribution in [0.25, 0.3) is 10.9 Å². The molecule has 0 bridgehead atoms. The molecule has 1 aliphatic heterocycles. The standard InChI is InChI=1S/C22H24N2O/c1-16-13-18(14-17-5-3-2-4-6-17)10-12-24(16)22(25)20-7-8-21-19(15-20)9-11-23-21/h2-9,11,15-16,18,23H,10,12-14H2,1H3. The lowest BCUT2D eigenvalue weighted by atomic mass is 9.86. The number of nitrogens with one attached hydrogen (secondary N) is 1. The van der Waals surface area contributed by atoms with Crippen molar-refractivity contribution in [2.24, 2.45) is 5.92 Å². The van der Waals surface area contributed by atoms with E-state index in [1.165, 1.54) is 5.56 Å². The molecule has 2 unspecified atom stereocenters. The molecule has 2 atom stereocenters. The normalized spacial score (nSPS) is 20.8. The van der Waals surface area contributed by atoms with Gasteiger partial charge in [0.2, 0.25) is 0 Å². The number of hydrogen-bond donors (Lipinski definition) is 1. The Bertz CT molecular complexity index is 868. The van der Waals surface area contributed by atoms with E-state index in [1.54, 1.807) is 0 Å². The third kappa shape index (κ3) is 3.32. The molecule has 1 N–H and O–H groups in total. The summed E-state index contributed by atoms with van der Waals surface area (Å²) in [6.45, 7) is 3.03. The van der Waals surface area contributed by atoms with Crippen molar-refractivity contribution in [2.45, 2.75) is 32.2 Å². The topological polar surface area (TPSA) is 36.1 Å². The van der Waals surface area contributed by atoms with Crippen LogP contribution in [0, 0.1) is 5.92 Å². The van der Waals surface area contributed by atoms with Crippen LogP contribution < -0.4 is 0 Å². The molecule has 3 heteroatoms. The van der Waals surface area contributed by atoms with Crippen molar-refractivity contribution in [1.29, 1.82) is 0 Å². The van der Waals surface area contributed by atoms with Gasteiger partial charge in [-0.3, -0.25) is 4.79 Å². The number of H-pyrrole nitrogens is 1. The van der Waals surface area contributed by atoms with Gasteiger partial charge < -0.3 is 9.88 Å². The van der Waals surface area contributed by atoms with E-state index >= 15 is 0 Å². The second-order valence-corrected chi connectivity index (χ2v) is 7.21. The molecule has 0 radical (unpaired) electrons. The Balaban J connectivity index is 1.44. The predicted octanol–water partition coefficient (Wildman–Crippen LogP) is 4.65. The second-order valence-electron chi connectivity index (χ2n) is 7.21. The zero-order chi connectivity index (χ0) is 17.2. The Kier molecular flexibility index (Phi) is 4.31. The first-order valence-corrected chi connectivity index (χ1v) is 9.13. The van der Waals surface area contributed by atoms with Crippen LogP contribution in [-0.2, 0) is 6.42 Å². The Labute approximate surface area is 148 Å². The van der Waals surface area contributed by atoms with Crippen LogP contribution in [0.2, 0.25) is 0 Å². The number of benzene rings is 2. The van der Waals surface area contributed by atoms with Gasteiger partial charge in [0.25, 0.3) is 5.91 Å². The third-order valence-electron chi connectivity index (χ3n) is 5.41. The fourth-order valence-electron chi connectivity index (χ4n) is 4.06. The molecule has 0 saturated carbocycles. The Morgan fingerprint density at radius 2 is 2.00 bits per heavy atom. The number of aromatic amines is 1. The highest BCUT2D eigenvalue weighted by Gasteiger charge is 2.29. The number of fused-ring (bicyclic) bond motifs is 1. The van der Waals surface area contributed by atoms with Gasteiger partial charge in [0.15, 0.2) is 0 Å². The summed E-state index contributed by atoms with van der Waals surface area (Å²) in [5, 5.41) is 1.09. The van der Waals surface area contributed by atoms with Crippen molar-refractivity contribution >= 4 is 16.8 Å². The van der Waals surface area contributed by atoms with Gasteiger partial charge in [-0.15, -0.1) is 0 Å². The average Bonchev–Trinajstić information content (AvgIpc) is 3.10. The van der Waals surface area contributed by atoms with Gasteiger partial charge >= 0.3 is 0 Å². The zero-order valence-electron chi connectivity index (χ0n) is 14.6. The lowest BCUT2D eigenvalue weighted by molar-refractivity contribution is 0.0577. The van der Waals surface area contributed by atoms with Crippen molar-refractivity contribution in [3.8, 4) is 0 Å². The van der Waals surface area contributed by atoms with E-state index in [1.807, 2.05) is 30.5 Å². The lowest BCUT2D eigenvalue weighted by Crippen LogP contribution is -2.45. The zero-order valence-corrected chi connectivity index (χ0v) is 14.6. The molecule has 25 heavy (non-hydrogen) atoms. The largest absolute Gasteiger partial charge is 0.361 e. The molecule has 3 aromatic rings. The van der Waals surface area contributed by atoms with E-state index in [0.717, 1.165) is 42.3 Å². The van der Waals surface area contributed by atoms with Crippen molar-refractivity contribution in [3.05, 3.63) is 71.9 Å². The van der Waals surface area contributed by atoms with Gasteiger partial charge in [-0.2, -0.15) is 0 Å². The molecule has 1 aromatic heterocycles. The van der Waals surface area contributed by atoms with Crippen LogP contribution in [0.4, 0.5) is 0 Å². The number of hydrogen-bond acceptors (Lipinski definition) is 1. The molecule has 0 aliphatic carbocycles. The highest BCUT2D eigenvalue weighted by molar-refractivity contribution is 5.98. The van der Waals surface area contributed by atoms with Crippen LogP contribution in [0.5, 0.6) is 0 Å². The van der Waals surface area contributed by atoms with Gasteiger partial charge in [0.05, 0.1) is 0 Å². The maximum atomic E-state index is 13.0. The number of nitrogens with zero attached hydrogens (tertiary/aromatic N) is 1. The first-order valence-electron chi connectivity index (χ1n) is 9.13. The summed E-state index contributed by atoms with van der Waals surface area (Å²) < 4.78 is 0. The molecule has 128 valence electrons. The number of likely N-dealkylation sites (tertiary alicyclic amines) is 1. The molecule has 1 amide bonds. The molecular formula is C22H24N2O. The molecule has 0 spiro atoms. The van der Waals surface area contributed by atoms with Crippen LogP contribution in [0.1, 0.15) is 35.7 Å². The van der Waals surface area contributed by atoms with E-state index in [-0.39, 0.29) is 11.9 Å². The fraction of sp³-hybridized carbons (Fsp3) is 0.318. The SMILES string of the molecule is CC1CC(Cc2ccccc2)CCN1C(=O)c1ccc2[nH]ccc2c1. The summed E-state index contributed by atoms with van der Waals surface area (Å²) in [6, 6.07) is 18.9. The molecule has 1 aliphatic rings. The van der Waals surface area contributed by atoms with Gasteiger partial charge in [-0.25, -0.2) is 0 Å². The summed E-state index contributed by atoms with van der Waals surface area (Å²) >= 11 is 0. The van der Waals surface area contributed by atoms with Crippen molar-refractivity contribution in [1.82, 2.24) is 9.88 Å². The van der Waals surface area contributed by atoms with E-state index in [2.05, 4.69) is 47.1 Å². The van der Waals surface area contributed by atoms with Crippen LogP contribution in [0.3, 0.4) is 0 Å². The number of aromatic nitrogens is 1. The molecule has 1 fully saturated rings. The van der Waals surface area contributed by atoms with Gasteiger partial charge in [-0.1, -0.05) is 30.3 Å². The quantitative estimate of drug-likeness (QED) is 0.744. The smallest absolute Gasteiger partial charge is 0.254 e. The highest BCUT2D eigenvalue weighted by atomic mass is 16.2. The fourth-order valence-corrected chi connectivity index (χ4v) is 4.06. The maximum absolute atomic E-state index is 13.0. The summed E-state index contributed by atoms with van der Waals surface area (Å²) in [6.07, 6.45) is 5.18. The molecule has 2 heterocycles. The van der Waals surface area contributed by atoms with Crippen LogP contribution in [0.15, 0.2) is 60.8 Å². The van der Waals surface area contributed by atoms with Crippen molar-refractivity contribution < 1.29 is 4.79 Å². The Morgan fingerprint density at radius 3 is 2.80 bits per heavy atom. The first kappa shape index (κ1) is 15.9. The summed E-state index contributed by atoms with van der Waals surface area (Å²) in [4.78, 5) is 18.2. The van der Waals surface area contributed by atoms with E-state index in [9.17, 15) is 4.79 Å². The molecule has 4 rings (SSSR count). The summed E-state index contributed by atoms with van der Waals surface area (Å²) in [7, 11) is 0. The predicted molar refractivity (Wildman–Crippen MR) is 102 cm³/mol. The van der Waals surface area contributed by atoms with Crippen LogP contribution in [-0.4, -0.2) is 28.4 Å². The Hall–Kier alpha value is -2.55. The minimum atomic E-state index is 0.161. The minimum absolute atomic E-state index is 0.161. The second kappa shape index (κ2) is 6.75. The lowest BCUT2D eigenvalue weighted by Gasteiger charge is -2.38. The van der Waals surface area contributed by atoms with Crippen molar-refractivity contribution in [2.75, 3.05) is 6.54 Å². The van der Waals surface area contributed by atoms with Gasteiger partial charge in [-0.05, 0) is 61.9 Å². The van der Waals surface area contributed by atoms with Gasteiger partial charge in [0.1, 0.15) is 0 Å². The summed E-state index contributed by atoms with van der Waals surface area (Å²) in [5.41, 5.74) is 3.27. The van der Waals surface area contributed by atoms with E-state index < -0.39 is 0 Å². The number of carbonyl (C=O) groups is 1. The molecule has 2 aromatic carbocycles. The minimum Gasteiger partial charge on any atom is -0.361 e. The summed E-state index contributed by atoms with van der Waals surface area (Å²) in [5.74, 6) is 0.822. The average molecular weight is 332 g/mol. The molecular weight excluding hydrogens is 308 g/mol. The molecule has 3 nitrogen and oxygen atoms in total. The molecule has 1 saturated heterocycles. The van der Waals surface area contributed by atoms with Crippen molar-refractivity contribution in [3.63, 3.8) is 0 Å². The monoisotopic (exact) mass is 332 g/mol. The Morgan fingerprint density at radius 1 is 1.16 bits per heavy atom. The first-order chi connectivity index (χ1) is 12.2. The number of amides is 1. The van der Waals surface area contributed by atoms with E-state index in [4.69, 9.17) is 0 Å². The van der Waals surface area contributed by atoms with Gasteiger partial charge in [0, 0.05) is 35.2 Å². The number of piperidine rings is 1. The third-order valence-corrected chi connectivity index (χ3v) is 5.41. The maximum Gasteiger partial charge on any atom is 0.254 e. The number of rotatable bonds is 3. The highest BCUT2D eigenvalue weighted by Crippen LogP contribution is 2.27.